The molecule has 18 heavy (non-hydrogen) atoms. The molecule has 1 N–H and O–H groups in total. The van der Waals surface area contributed by atoms with Gasteiger partial charge in [-0.25, -0.2) is 8.42 Å². The van der Waals surface area contributed by atoms with Crippen molar-refractivity contribution in [1.29, 1.82) is 0 Å². The molecular weight excluding hydrogens is 269 g/mol. The van der Waals surface area contributed by atoms with Crippen LogP contribution < -0.4 is 0 Å². The second-order valence-electron chi connectivity index (χ2n) is 4.21. The molecule has 0 spiro atoms. The molecule has 0 saturated carbocycles. The zero-order chi connectivity index (χ0) is 14.1. The van der Waals surface area contributed by atoms with Crippen LogP contribution in [0.15, 0.2) is 18.2 Å². The first kappa shape index (κ1) is 14.8. The Balaban J connectivity index is 3.15. The van der Waals surface area contributed by atoms with E-state index in [1.165, 1.54) is 19.9 Å². The third-order valence-corrected chi connectivity index (χ3v) is 4.62. The van der Waals surface area contributed by atoms with Crippen LogP contribution in [0.3, 0.4) is 0 Å². The summed E-state index contributed by atoms with van der Waals surface area (Å²) >= 11 is 0. The maximum absolute atomic E-state index is 12.5. The fraction of sp³-hybridized carbons (Fsp3) is 0.455. The van der Waals surface area contributed by atoms with Crippen molar-refractivity contribution in [2.75, 3.05) is 0 Å². The van der Waals surface area contributed by atoms with Crippen LogP contribution in [0.4, 0.5) is 13.2 Å². The second-order valence-corrected chi connectivity index (χ2v) is 6.76. The molecule has 0 aliphatic rings. The van der Waals surface area contributed by atoms with Gasteiger partial charge in [0.1, 0.15) is 5.75 Å². The summed E-state index contributed by atoms with van der Waals surface area (Å²) in [5.41, 5.74) is -1.22. The van der Waals surface area contributed by atoms with Crippen LogP contribution in [-0.2, 0) is 21.8 Å². The number of aromatic hydroxyl groups is 1. The molecule has 0 aliphatic carbocycles. The Labute approximate surface area is 103 Å². The van der Waals surface area contributed by atoms with Crippen LogP contribution in [-0.4, -0.2) is 18.8 Å². The summed E-state index contributed by atoms with van der Waals surface area (Å²) in [7, 11) is -3.48. The topological polar surface area (TPSA) is 54.4 Å². The van der Waals surface area contributed by atoms with E-state index >= 15 is 0 Å². The quantitative estimate of drug-likeness (QED) is 0.927. The molecule has 0 saturated heterocycles. The smallest absolute Gasteiger partial charge is 0.419 e. The van der Waals surface area contributed by atoms with Crippen molar-refractivity contribution in [3.8, 4) is 5.75 Å². The van der Waals surface area contributed by atoms with Crippen molar-refractivity contribution in [3.05, 3.63) is 29.3 Å². The standard InChI is InChI=1S/C11H13F3O3S/c1-7(2)18(16,17)6-8-3-4-10(15)9(5-8)11(12,13)14/h3-5,7,15H,6H2,1-2H3. The minimum atomic E-state index is -4.71. The predicted octanol–water partition coefficient (Wildman–Crippen LogP) is 2.73. The molecule has 0 heterocycles. The number of sulfone groups is 1. The van der Waals surface area contributed by atoms with Gasteiger partial charge in [0.05, 0.1) is 16.6 Å². The lowest BCUT2D eigenvalue weighted by Gasteiger charge is -2.12. The number of phenols is 1. The van der Waals surface area contributed by atoms with E-state index in [2.05, 4.69) is 0 Å². The van der Waals surface area contributed by atoms with E-state index in [4.69, 9.17) is 5.11 Å². The fourth-order valence-corrected chi connectivity index (χ4v) is 2.28. The minimum absolute atomic E-state index is 0.00817. The lowest BCUT2D eigenvalue weighted by atomic mass is 10.1. The first-order valence-electron chi connectivity index (χ1n) is 5.14. The maximum atomic E-state index is 12.5. The zero-order valence-electron chi connectivity index (χ0n) is 9.82. The number of halogens is 3. The summed E-state index contributed by atoms with van der Waals surface area (Å²) < 4.78 is 60.7. The van der Waals surface area contributed by atoms with E-state index in [0.717, 1.165) is 6.07 Å². The van der Waals surface area contributed by atoms with Crippen molar-refractivity contribution in [3.63, 3.8) is 0 Å². The van der Waals surface area contributed by atoms with Gasteiger partial charge < -0.3 is 5.11 Å². The van der Waals surface area contributed by atoms with Crippen molar-refractivity contribution in [1.82, 2.24) is 0 Å². The Bertz CT molecular complexity index is 533. The minimum Gasteiger partial charge on any atom is -0.507 e. The van der Waals surface area contributed by atoms with Gasteiger partial charge in [-0.3, -0.25) is 0 Å². The summed E-state index contributed by atoms with van der Waals surface area (Å²) in [5, 5.41) is 8.44. The Morgan fingerprint density at radius 2 is 1.83 bits per heavy atom. The van der Waals surface area contributed by atoms with E-state index in [9.17, 15) is 21.6 Å². The van der Waals surface area contributed by atoms with Crippen LogP contribution >= 0.6 is 0 Å². The van der Waals surface area contributed by atoms with E-state index in [0.29, 0.717) is 6.07 Å². The molecule has 0 radical (unpaired) electrons. The van der Waals surface area contributed by atoms with Crippen molar-refractivity contribution in [2.45, 2.75) is 31.0 Å². The van der Waals surface area contributed by atoms with Gasteiger partial charge in [-0.15, -0.1) is 0 Å². The third-order valence-electron chi connectivity index (χ3n) is 2.45. The van der Waals surface area contributed by atoms with Crippen LogP contribution in [0.2, 0.25) is 0 Å². The van der Waals surface area contributed by atoms with Crippen LogP contribution in [0.1, 0.15) is 25.0 Å². The summed E-state index contributed by atoms with van der Waals surface area (Å²) in [6.07, 6.45) is -4.71. The number of alkyl halides is 3. The van der Waals surface area contributed by atoms with Crippen LogP contribution in [0, 0.1) is 0 Å². The average molecular weight is 282 g/mol. The molecule has 3 nitrogen and oxygen atoms in total. The molecule has 7 heteroatoms. The van der Waals surface area contributed by atoms with E-state index in [1.807, 2.05) is 0 Å². The molecule has 0 atom stereocenters. The molecule has 0 unspecified atom stereocenters. The molecule has 1 rings (SSSR count). The van der Waals surface area contributed by atoms with Crippen LogP contribution in [0.5, 0.6) is 5.75 Å². The molecule has 0 bridgehead atoms. The second kappa shape index (κ2) is 4.79. The summed E-state index contributed by atoms with van der Waals surface area (Å²) in [6.45, 7) is 2.92. The highest BCUT2D eigenvalue weighted by molar-refractivity contribution is 7.91. The van der Waals surface area contributed by atoms with Gasteiger partial charge in [0.25, 0.3) is 0 Å². The number of hydrogen-bond donors (Lipinski definition) is 1. The molecule has 1 aromatic rings. The zero-order valence-corrected chi connectivity index (χ0v) is 10.6. The lowest BCUT2D eigenvalue weighted by molar-refractivity contribution is -0.138. The van der Waals surface area contributed by atoms with Gasteiger partial charge in [-0.05, 0) is 31.5 Å². The maximum Gasteiger partial charge on any atom is 0.419 e. The predicted molar refractivity (Wildman–Crippen MR) is 60.9 cm³/mol. The van der Waals surface area contributed by atoms with Crippen molar-refractivity contribution in [2.24, 2.45) is 0 Å². The van der Waals surface area contributed by atoms with E-state index < -0.39 is 38.3 Å². The van der Waals surface area contributed by atoms with E-state index in [-0.39, 0.29) is 5.56 Å². The fourth-order valence-electron chi connectivity index (χ4n) is 1.30. The van der Waals surface area contributed by atoms with Gasteiger partial charge in [0.15, 0.2) is 9.84 Å². The number of phenolic OH excluding ortho intramolecular Hbond substituents is 1. The van der Waals surface area contributed by atoms with Gasteiger partial charge in [-0.1, -0.05) is 6.07 Å². The highest BCUT2D eigenvalue weighted by Crippen LogP contribution is 2.36. The van der Waals surface area contributed by atoms with Gasteiger partial charge in [0.2, 0.25) is 0 Å². The van der Waals surface area contributed by atoms with Crippen molar-refractivity contribution >= 4 is 9.84 Å². The molecule has 0 aliphatic heterocycles. The van der Waals surface area contributed by atoms with Crippen LogP contribution in [0.25, 0.3) is 0 Å². The number of hydrogen-bond acceptors (Lipinski definition) is 3. The first-order valence-corrected chi connectivity index (χ1v) is 6.86. The van der Waals surface area contributed by atoms with Gasteiger partial charge in [0, 0.05) is 0 Å². The molecule has 102 valence electrons. The molecule has 0 aromatic heterocycles. The summed E-state index contributed by atoms with van der Waals surface area (Å²) in [6, 6.07) is 2.69. The normalized spacial score (nSPS) is 13.0. The Morgan fingerprint density at radius 1 is 1.28 bits per heavy atom. The van der Waals surface area contributed by atoms with Gasteiger partial charge in [-0.2, -0.15) is 13.2 Å². The highest BCUT2D eigenvalue weighted by Gasteiger charge is 2.34. The van der Waals surface area contributed by atoms with Crippen molar-refractivity contribution < 1.29 is 26.7 Å². The monoisotopic (exact) mass is 282 g/mol. The third kappa shape index (κ3) is 3.38. The number of rotatable bonds is 3. The largest absolute Gasteiger partial charge is 0.507 e. The number of benzene rings is 1. The van der Waals surface area contributed by atoms with Gasteiger partial charge >= 0.3 is 6.18 Å². The average Bonchev–Trinajstić information content (AvgIpc) is 2.18. The Morgan fingerprint density at radius 3 is 2.28 bits per heavy atom. The highest BCUT2D eigenvalue weighted by atomic mass is 32.2. The van der Waals surface area contributed by atoms with E-state index in [1.54, 1.807) is 0 Å². The first-order chi connectivity index (χ1) is 8.04. The Hall–Kier alpha value is -1.24. The Kier molecular flexibility index (Phi) is 3.95. The molecular formula is C11H13F3O3S. The summed E-state index contributed by atoms with van der Waals surface area (Å²) in [5.74, 6) is -1.39. The molecule has 0 fully saturated rings. The molecule has 0 amide bonds. The SMILES string of the molecule is CC(C)S(=O)(=O)Cc1ccc(O)c(C(F)(F)F)c1. The summed E-state index contributed by atoms with van der Waals surface area (Å²) in [4.78, 5) is 0. The molecule has 1 aromatic carbocycles. The lowest BCUT2D eigenvalue weighted by Crippen LogP contribution is -2.16.